The number of amides is 1. The minimum Gasteiger partial charge on any atom is -0.305 e. The molecule has 0 saturated heterocycles. The van der Waals surface area contributed by atoms with E-state index in [0.29, 0.717) is 16.4 Å². The molecule has 0 aliphatic heterocycles. The molecule has 6 heteroatoms. The molecule has 0 bridgehead atoms. The molecule has 0 aliphatic rings. The highest BCUT2D eigenvalue weighted by atomic mass is 32.2. The van der Waals surface area contributed by atoms with Gasteiger partial charge in [-0.2, -0.15) is 5.10 Å². The molecule has 0 aliphatic carbocycles. The number of hydrogen-bond donors (Lipinski definition) is 1. The van der Waals surface area contributed by atoms with E-state index in [2.05, 4.69) is 15.4 Å². The van der Waals surface area contributed by atoms with Crippen molar-refractivity contribution in [1.29, 1.82) is 0 Å². The molecule has 0 saturated carbocycles. The van der Waals surface area contributed by atoms with Gasteiger partial charge in [-0.3, -0.25) is 9.48 Å². The number of hydrogen-bond acceptors (Lipinski definition) is 4. The van der Waals surface area contributed by atoms with Gasteiger partial charge in [-0.05, 0) is 24.3 Å². The number of aromatic nitrogens is 3. The maximum Gasteiger partial charge on any atom is 0.259 e. The summed E-state index contributed by atoms with van der Waals surface area (Å²) in [4.78, 5) is 17.8. The lowest BCUT2D eigenvalue weighted by Crippen LogP contribution is -2.14. The predicted molar refractivity (Wildman–Crippen MR) is 86.0 cm³/mol. The topological polar surface area (TPSA) is 59.8 Å². The molecule has 0 spiro atoms. The van der Waals surface area contributed by atoms with Gasteiger partial charge in [0.05, 0.1) is 5.56 Å². The molecule has 0 atom stereocenters. The van der Waals surface area contributed by atoms with E-state index in [4.69, 9.17) is 0 Å². The Bertz CT molecular complexity index is 786. The summed E-state index contributed by atoms with van der Waals surface area (Å²) in [5, 5.41) is 7.60. The van der Waals surface area contributed by atoms with Crippen LogP contribution in [0.25, 0.3) is 0 Å². The van der Waals surface area contributed by atoms with Crippen molar-refractivity contribution >= 4 is 23.5 Å². The molecule has 3 rings (SSSR count). The quantitative estimate of drug-likeness (QED) is 0.804. The molecule has 1 aromatic carbocycles. The lowest BCUT2D eigenvalue weighted by atomic mass is 10.2. The first-order chi connectivity index (χ1) is 10.7. The monoisotopic (exact) mass is 310 g/mol. The zero-order valence-electron chi connectivity index (χ0n) is 11.9. The lowest BCUT2D eigenvalue weighted by Gasteiger charge is -2.07. The number of nitrogens with zero attached hydrogens (tertiary/aromatic N) is 3. The third kappa shape index (κ3) is 3.35. The van der Waals surface area contributed by atoms with Crippen molar-refractivity contribution in [2.24, 2.45) is 7.05 Å². The molecule has 0 radical (unpaired) electrons. The molecule has 22 heavy (non-hydrogen) atoms. The highest BCUT2D eigenvalue weighted by Crippen LogP contribution is 2.28. The van der Waals surface area contributed by atoms with E-state index in [1.165, 1.54) is 11.8 Å². The summed E-state index contributed by atoms with van der Waals surface area (Å²) in [6, 6.07) is 15.1. The second-order valence-corrected chi connectivity index (χ2v) is 5.66. The van der Waals surface area contributed by atoms with E-state index < -0.39 is 0 Å². The Morgan fingerprint density at radius 3 is 2.68 bits per heavy atom. The van der Waals surface area contributed by atoms with Crippen LogP contribution in [0.2, 0.25) is 0 Å². The largest absolute Gasteiger partial charge is 0.305 e. The summed E-state index contributed by atoms with van der Waals surface area (Å²) in [5.74, 6) is 0.303. The maximum atomic E-state index is 12.4. The van der Waals surface area contributed by atoms with Crippen molar-refractivity contribution in [1.82, 2.24) is 14.8 Å². The molecule has 2 heterocycles. The van der Waals surface area contributed by atoms with Gasteiger partial charge in [-0.15, -0.1) is 0 Å². The van der Waals surface area contributed by atoms with Crippen LogP contribution in [0.3, 0.4) is 0 Å². The Balaban J connectivity index is 1.83. The van der Waals surface area contributed by atoms with Gasteiger partial charge in [0.2, 0.25) is 0 Å². The van der Waals surface area contributed by atoms with Crippen LogP contribution in [-0.2, 0) is 7.05 Å². The number of carbonyl (C=O) groups is 1. The second-order valence-electron chi connectivity index (χ2n) is 4.60. The third-order valence-electron chi connectivity index (χ3n) is 2.93. The standard InChI is InChI=1S/C16H14N4OS/c1-20-11-9-14(19-20)18-15(21)13-8-5-10-17-16(13)22-12-6-3-2-4-7-12/h2-11H,1H3,(H,18,19,21). The second kappa shape index (κ2) is 6.44. The van der Waals surface area contributed by atoms with Gasteiger partial charge in [0.25, 0.3) is 5.91 Å². The average Bonchev–Trinajstić information content (AvgIpc) is 2.94. The van der Waals surface area contributed by atoms with Crippen LogP contribution in [0.1, 0.15) is 10.4 Å². The fourth-order valence-corrected chi connectivity index (χ4v) is 2.81. The zero-order chi connectivity index (χ0) is 15.4. The van der Waals surface area contributed by atoms with E-state index in [-0.39, 0.29) is 5.91 Å². The number of nitrogens with one attached hydrogen (secondary N) is 1. The van der Waals surface area contributed by atoms with Crippen LogP contribution in [0.5, 0.6) is 0 Å². The molecular weight excluding hydrogens is 296 g/mol. The maximum absolute atomic E-state index is 12.4. The molecular formula is C16H14N4OS. The van der Waals surface area contributed by atoms with Crippen molar-refractivity contribution in [2.75, 3.05) is 5.32 Å². The van der Waals surface area contributed by atoms with Gasteiger partial charge < -0.3 is 5.32 Å². The van der Waals surface area contributed by atoms with E-state index in [9.17, 15) is 4.79 Å². The number of anilines is 1. The summed E-state index contributed by atoms with van der Waals surface area (Å²) >= 11 is 1.46. The Labute approximate surface area is 132 Å². The normalized spacial score (nSPS) is 10.4. The Morgan fingerprint density at radius 2 is 1.95 bits per heavy atom. The first-order valence-electron chi connectivity index (χ1n) is 6.71. The van der Waals surface area contributed by atoms with Crippen molar-refractivity contribution in [3.63, 3.8) is 0 Å². The van der Waals surface area contributed by atoms with Gasteiger partial charge >= 0.3 is 0 Å². The fourth-order valence-electron chi connectivity index (χ4n) is 1.91. The number of rotatable bonds is 4. The van der Waals surface area contributed by atoms with Gasteiger partial charge in [0.15, 0.2) is 5.82 Å². The first-order valence-corrected chi connectivity index (χ1v) is 7.53. The van der Waals surface area contributed by atoms with Crippen LogP contribution < -0.4 is 5.32 Å². The minimum absolute atomic E-state index is 0.217. The lowest BCUT2D eigenvalue weighted by molar-refractivity contribution is 0.102. The van der Waals surface area contributed by atoms with Crippen LogP contribution in [0.4, 0.5) is 5.82 Å². The molecule has 3 aromatic rings. The Kier molecular flexibility index (Phi) is 4.20. The summed E-state index contributed by atoms with van der Waals surface area (Å²) < 4.78 is 1.64. The van der Waals surface area contributed by atoms with Crippen LogP contribution in [0, 0.1) is 0 Å². The number of benzene rings is 1. The van der Waals surface area contributed by atoms with Crippen molar-refractivity contribution in [3.8, 4) is 0 Å². The summed E-state index contributed by atoms with van der Waals surface area (Å²) in [6.45, 7) is 0. The molecule has 5 nitrogen and oxygen atoms in total. The van der Waals surface area contributed by atoms with Crippen LogP contribution in [-0.4, -0.2) is 20.7 Å². The van der Waals surface area contributed by atoms with Crippen molar-refractivity contribution in [2.45, 2.75) is 9.92 Å². The highest BCUT2D eigenvalue weighted by Gasteiger charge is 2.14. The molecule has 0 fully saturated rings. The molecule has 1 amide bonds. The third-order valence-corrected chi connectivity index (χ3v) is 3.96. The van der Waals surface area contributed by atoms with E-state index >= 15 is 0 Å². The average molecular weight is 310 g/mol. The van der Waals surface area contributed by atoms with E-state index in [1.807, 2.05) is 30.3 Å². The Morgan fingerprint density at radius 1 is 1.14 bits per heavy atom. The zero-order valence-corrected chi connectivity index (χ0v) is 12.7. The highest BCUT2D eigenvalue weighted by molar-refractivity contribution is 7.99. The molecule has 0 unspecified atom stereocenters. The van der Waals surface area contributed by atoms with Gasteiger partial charge in [-0.1, -0.05) is 30.0 Å². The number of carbonyl (C=O) groups excluding carboxylic acids is 1. The van der Waals surface area contributed by atoms with E-state index in [1.54, 1.807) is 42.3 Å². The van der Waals surface area contributed by atoms with Gasteiger partial charge in [-0.25, -0.2) is 4.98 Å². The molecule has 2 aromatic heterocycles. The van der Waals surface area contributed by atoms with Crippen molar-refractivity contribution < 1.29 is 4.79 Å². The van der Waals surface area contributed by atoms with E-state index in [0.717, 1.165) is 4.90 Å². The van der Waals surface area contributed by atoms with Crippen LogP contribution in [0.15, 0.2) is 70.8 Å². The minimum atomic E-state index is -0.217. The van der Waals surface area contributed by atoms with Gasteiger partial charge in [0.1, 0.15) is 5.03 Å². The molecule has 110 valence electrons. The number of aryl methyl sites for hydroxylation is 1. The van der Waals surface area contributed by atoms with Crippen LogP contribution >= 0.6 is 11.8 Å². The van der Waals surface area contributed by atoms with Gasteiger partial charge in [0, 0.05) is 30.4 Å². The number of pyridine rings is 1. The predicted octanol–water partition coefficient (Wildman–Crippen LogP) is 3.22. The fraction of sp³-hybridized carbons (Fsp3) is 0.0625. The van der Waals surface area contributed by atoms with Crippen molar-refractivity contribution in [3.05, 3.63) is 66.5 Å². The summed E-state index contributed by atoms with van der Waals surface area (Å²) in [5.41, 5.74) is 0.530. The summed E-state index contributed by atoms with van der Waals surface area (Å²) in [6.07, 6.45) is 3.46. The SMILES string of the molecule is Cn1ccc(NC(=O)c2cccnc2Sc2ccccc2)n1. The Hall–Kier alpha value is -2.60. The summed E-state index contributed by atoms with van der Waals surface area (Å²) in [7, 11) is 1.80. The first kappa shape index (κ1) is 14.3. The smallest absolute Gasteiger partial charge is 0.259 e. The molecule has 1 N–H and O–H groups in total.